The minimum Gasteiger partial charge on any atom is -0.508 e. The molecule has 6 nitrogen and oxygen atoms in total. The van der Waals surface area contributed by atoms with Crippen molar-refractivity contribution < 1.29 is 24.5 Å². The Labute approximate surface area is 152 Å². The molecule has 0 aromatic heterocycles. The summed E-state index contributed by atoms with van der Waals surface area (Å²) < 4.78 is 5.50. The van der Waals surface area contributed by atoms with Crippen molar-refractivity contribution in [2.75, 3.05) is 13.6 Å². The number of hydrogen-bond acceptors (Lipinski definition) is 4. The molecule has 0 atom stereocenters. The fraction of sp³-hybridized carbons (Fsp3) is 0.300. The van der Waals surface area contributed by atoms with Crippen molar-refractivity contribution >= 4 is 11.9 Å². The van der Waals surface area contributed by atoms with Crippen molar-refractivity contribution in [1.82, 2.24) is 4.90 Å². The zero-order valence-electron chi connectivity index (χ0n) is 14.9. The molecule has 138 valence electrons. The van der Waals surface area contributed by atoms with Crippen molar-refractivity contribution in [2.24, 2.45) is 0 Å². The number of amides is 1. The first-order valence-corrected chi connectivity index (χ1v) is 8.36. The second-order valence-electron chi connectivity index (χ2n) is 6.12. The van der Waals surface area contributed by atoms with Crippen LogP contribution >= 0.6 is 0 Å². The van der Waals surface area contributed by atoms with Gasteiger partial charge >= 0.3 is 5.97 Å². The van der Waals surface area contributed by atoms with Crippen molar-refractivity contribution in [3.63, 3.8) is 0 Å². The number of carboxylic acids is 1. The lowest BCUT2D eigenvalue weighted by Crippen LogP contribution is -2.17. The zero-order chi connectivity index (χ0) is 19.1. The van der Waals surface area contributed by atoms with E-state index >= 15 is 0 Å². The molecule has 1 saturated heterocycles. The average molecular weight is 357 g/mol. The third-order valence-electron chi connectivity index (χ3n) is 4.09. The number of phenols is 1. The predicted molar refractivity (Wildman–Crippen MR) is 97.4 cm³/mol. The summed E-state index contributed by atoms with van der Waals surface area (Å²) >= 11 is 0. The van der Waals surface area contributed by atoms with E-state index in [-0.39, 0.29) is 17.9 Å². The van der Waals surface area contributed by atoms with E-state index in [4.69, 9.17) is 4.74 Å². The number of aromatic carboxylic acids is 1. The van der Waals surface area contributed by atoms with Gasteiger partial charge in [0.1, 0.15) is 18.1 Å². The molecule has 3 rings (SSSR count). The van der Waals surface area contributed by atoms with Crippen LogP contribution in [0.1, 0.15) is 34.3 Å². The third-order valence-corrected chi connectivity index (χ3v) is 4.09. The third kappa shape index (κ3) is 5.24. The van der Waals surface area contributed by atoms with Gasteiger partial charge in [0.25, 0.3) is 0 Å². The van der Waals surface area contributed by atoms with Crippen LogP contribution in [0.4, 0.5) is 0 Å². The number of aryl methyl sites for hydroxylation is 1. The van der Waals surface area contributed by atoms with Gasteiger partial charge in [0.15, 0.2) is 0 Å². The second-order valence-corrected chi connectivity index (χ2v) is 6.12. The van der Waals surface area contributed by atoms with Crippen LogP contribution < -0.4 is 4.74 Å². The van der Waals surface area contributed by atoms with Crippen LogP contribution in [0.25, 0.3) is 0 Å². The lowest BCUT2D eigenvalue weighted by atomic mass is 10.0. The van der Waals surface area contributed by atoms with Gasteiger partial charge in [0, 0.05) is 31.6 Å². The van der Waals surface area contributed by atoms with E-state index in [0.717, 1.165) is 19.4 Å². The summed E-state index contributed by atoms with van der Waals surface area (Å²) in [5.74, 6) is -0.0642. The number of benzene rings is 2. The van der Waals surface area contributed by atoms with Crippen LogP contribution in [0.5, 0.6) is 11.5 Å². The smallest absolute Gasteiger partial charge is 0.336 e. The molecule has 1 heterocycles. The lowest BCUT2D eigenvalue weighted by molar-refractivity contribution is -0.126. The molecule has 1 aliphatic rings. The highest BCUT2D eigenvalue weighted by molar-refractivity contribution is 5.91. The first kappa shape index (κ1) is 19.3. The van der Waals surface area contributed by atoms with E-state index in [0.29, 0.717) is 22.8 Å². The molecule has 2 N–H and O–H groups in total. The van der Waals surface area contributed by atoms with Crippen LogP contribution in [0.3, 0.4) is 0 Å². The Morgan fingerprint density at radius 3 is 2.50 bits per heavy atom. The van der Waals surface area contributed by atoms with Crippen LogP contribution in [0, 0.1) is 6.92 Å². The first-order valence-electron chi connectivity index (χ1n) is 8.36. The molecule has 2 aromatic rings. The Hall–Kier alpha value is -3.02. The maximum absolute atomic E-state index is 11.2. The van der Waals surface area contributed by atoms with E-state index in [1.165, 1.54) is 6.07 Å². The summed E-state index contributed by atoms with van der Waals surface area (Å²) in [4.78, 5) is 23.5. The van der Waals surface area contributed by atoms with Crippen LogP contribution in [0.2, 0.25) is 0 Å². The molecule has 1 fully saturated rings. The summed E-state index contributed by atoms with van der Waals surface area (Å²) in [6, 6.07) is 11.7. The van der Waals surface area contributed by atoms with Crippen LogP contribution in [-0.4, -0.2) is 40.6 Å². The summed E-state index contributed by atoms with van der Waals surface area (Å²) in [5, 5.41) is 18.5. The van der Waals surface area contributed by atoms with E-state index in [9.17, 15) is 19.8 Å². The Morgan fingerprint density at radius 1 is 1.23 bits per heavy atom. The Balaban J connectivity index is 0.000000290. The van der Waals surface area contributed by atoms with Gasteiger partial charge in [-0.1, -0.05) is 24.3 Å². The number of carbonyl (C=O) groups is 2. The molecule has 2 aromatic carbocycles. The summed E-state index contributed by atoms with van der Waals surface area (Å²) in [6.45, 7) is 2.85. The van der Waals surface area contributed by atoms with Gasteiger partial charge in [-0.25, -0.2) is 4.79 Å². The van der Waals surface area contributed by atoms with E-state index < -0.39 is 5.97 Å². The molecular weight excluding hydrogens is 334 g/mol. The zero-order valence-corrected chi connectivity index (χ0v) is 14.9. The first-order chi connectivity index (χ1) is 12.4. The van der Waals surface area contributed by atoms with E-state index in [2.05, 4.69) is 0 Å². The SMILES string of the molecule is CN1CCCC1=O.Cc1cccc(COc2cccc(O)c2)c1C(=O)O. The van der Waals surface area contributed by atoms with Gasteiger partial charge in [-0.15, -0.1) is 0 Å². The van der Waals surface area contributed by atoms with Crippen molar-refractivity contribution in [3.05, 3.63) is 59.2 Å². The maximum Gasteiger partial charge on any atom is 0.336 e. The number of nitrogens with zero attached hydrogens (tertiary/aromatic N) is 1. The van der Waals surface area contributed by atoms with Crippen LogP contribution in [-0.2, 0) is 11.4 Å². The number of aromatic hydroxyl groups is 1. The van der Waals surface area contributed by atoms with Crippen molar-refractivity contribution in [1.29, 1.82) is 0 Å². The van der Waals surface area contributed by atoms with Crippen LogP contribution in [0.15, 0.2) is 42.5 Å². The Kier molecular flexibility index (Phi) is 6.60. The summed E-state index contributed by atoms with van der Waals surface area (Å²) in [5.41, 5.74) is 1.57. The fourth-order valence-corrected chi connectivity index (χ4v) is 2.67. The highest BCUT2D eigenvalue weighted by Crippen LogP contribution is 2.21. The van der Waals surface area contributed by atoms with Gasteiger partial charge < -0.3 is 19.8 Å². The molecule has 0 bridgehead atoms. The quantitative estimate of drug-likeness (QED) is 0.877. The monoisotopic (exact) mass is 357 g/mol. The molecule has 1 amide bonds. The highest BCUT2D eigenvalue weighted by atomic mass is 16.5. The minimum absolute atomic E-state index is 0.111. The number of hydrogen-bond donors (Lipinski definition) is 2. The number of likely N-dealkylation sites (tertiary alicyclic amines) is 1. The molecule has 6 heteroatoms. The molecule has 1 aliphatic heterocycles. The largest absolute Gasteiger partial charge is 0.508 e. The number of ether oxygens (including phenoxy) is 1. The molecule has 0 saturated carbocycles. The minimum atomic E-state index is -0.965. The number of phenolic OH excluding ortho intramolecular Hbond substituents is 1. The van der Waals surface area contributed by atoms with Gasteiger partial charge in [-0.05, 0) is 31.0 Å². The Morgan fingerprint density at radius 2 is 1.96 bits per heavy atom. The van der Waals surface area contributed by atoms with E-state index in [1.54, 1.807) is 48.2 Å². The van der Waals surface area contributed by atoms with Gasteiger partial charge in [-0.2, -0.15) is 0 Å². The average Bonchev–Trinajstić information content (AvgIpc) is 2.96. The van der Waals surface area contributed by atoms with Gasteiger partial charge in [-0.3, -0.25) is 4.79 Å². The molecule has 0 radical (unpaired) electrons. The van der Waals surface area contributed by atoms with Gasteiger partial charge in [0.05, 0.1) is 5.56 Å². The molecule has 26 heavy (non-hydrogen) atoms. The van der Waals surface area contributed by atoms with Gasteiger partial charge in [0.2, 0.25) is 5.91 Å². The standard InChI is InChI=1S/C15H14O4.C5H9NO/c1-10-4-2-5-11(14(10)15(17)18)9-19-13-7-3-6-12(16)8-13;1-6-4-2-3-5(6)7/h2-8,16H,9H2,1H3,(H,17,18);2-4H2,1H3. The normalized spacial score (nSPS) is 13.2. The molecule has 0 aliphatic carbocycles. The number of rotatable bonds is 4. The number of carbonyl (C=O) groups excluding carboxylic acids is 1. The Bertz CT molecular complexity index is 788. The molecular formula is C20H23NO5. The molecule has 0 spiro atoms. The van der Waals surface area contributed by atoms with Crippen molar-refractivity contribution in [3.8, 4) is 11.5 Å². The fourth-order valence-electron chi connectivity index (χ4n) is 2.67. The maximum atomic E-state index is 11.2. The summed E-state index contributed by atoms with van der Waals surface area (Å²) in [6.07, 6.45) is 1.81. The lowest BCUT2D eigenvalue weighted by Gasteiger charge is -2.10. The predicted octanol–water partition coefficient (Wildman–Crippen LogP) is 3.22. The summed E-state index contributed by atoms with van der Waals surface area (Å²) in [7, 11) is 1.84. The van der Waals surface area contributed by atoms with E-state index in [1.807, 2.05) is 7.05 Å². The highest BCUT2D eigenvalue weighted by Gasteiger charge is 2.14. The van der Waals surface area contributed by atoms with Crippen molar-refractivity contribution in [2.45, 2.75) is 26.4 Å². The second kappa shape index (κ2) is 8.89. The number of carboxylic acid groups (broad SMARTS) is 1. The topological polar surface area (TPSA) is 87.1 Å². The molecule has 0 unspecified atom stereocenters.